The third-order valence-corrected chi connectivity index (χ3v) is 7.66. The van der Waals surface area contributed by atoms with Crippen molar-refractivity contribution in [1.82, 2.24) is 0 Å². The minimum Gasteiger partial charge on any atom is -0.462 e. The second kappa shape index (κ2) is 11.6. The number of non-ortho nitro benzene ring substituents is 1. The smallest absolute Gasteiger partial charge is 0.270 e. The van der Waals surface area contributed by atoms with Gasteiger partial charge in [-0.25, -0.2) is 0 Å². The van der Waals surface area contributed by atoms with Gasteiger partial charge in [0.25, 0.3) is 5.69 Å². The maximum Gasteiger partial charge on any atom is 0.270 e. The van der Waals surface area contributed by atoms with Gasteiger partial charge < -0.3 is 33.3 Å². The number of nitrogens with zero attached hydrogens (tertiary/aromatic N) is 2. The quantitative estimate of drug-likeness (QED) is 0.410. The van der Waals surface area contributed by atoms with Crippen LogP contribution in [0.15, 0.2) is 42.5 Å². The molecule has 0 saturated carbocycles. The number of benzene rings is 2. The number of nitro groups is 1. The van der Waals surface area contributed by atoms with E-state index in [9.17, 15) is 10.1 Å². The molecule has 2 aromatic rings. The Labute approximate surface area is 228 Å². The van der Waals surface area contributed by atoms with Gasteiger partial charge in [-0.15, -0.1) is 0 Å². The van der Waals surface area contributed by atoms with Gasteiger partial charge in [0, 0.05) is 36.0 Å². The van der Waals surface area contributed by atoms with Gasteiger partial charge in [0.2, 0.25) is 5.72 Å². The topological polar surface area (TPSA) is 102 Å². The second-order valence-electron chi connectivity index (χ2n) is 10.4. The van der Waals surface area contributed by atoms with E-state index in [-0.39, 0.29) is 25.0 Å². The van der Waals surface area contributed by atoms with Crippen LogP contribution in [0.2, 0.25) is 0 Å². The molecule has 2 atom stereocenters. The van der Waals surface area contributed by atoms with E-state index in [2.05, 4.69) is 30.9 Å². The van der Waals surface area contributed by atoms with Crippen molar-refractivity contribution in [3.63, 3.8) is 0 Å². The minimum atomic E-state index is -0.804. The first-order valence-electron chi connectivity index (χ1n) is 13.3. The van der Waals surface area contributed by atoms with E-state index in [1.165, 1.54) is 11.6 Å². The van der Waals surface area contributed by atoms with Crippen LogP contribution in [0, 0.1) is 10.1 Å². The molecule has 0 N–H and O–H groups in total. The minimum absolute atomic E-state index is 0.0124. The number of hydrogen-bond acceptors (Lipinski definition) is 9. The zero-order chi connectivity index (χ0) is 27.5. The largest absolute Gasteiger partial charge is 0.462 e. The van der Waals surface area contributed by atoms with Crippen LogP contribution in [-0.4, -0.2) is 76.7 Å². The molecule has 1 spiro atoms. The van der Waals surface area contributed by atoms with Crippen molar-refractivity contribution in [2.45, 2.75) is 37.7 Å². The molecule has 39 heavy (non-hydrogen) atoms. The Kier molecular flexibility index (Phi) is 8.20. The summed E-state index contributed by atoms with van der Waals surface area (Å²) in [5, 5.41) is 11.7. The summed E-state index contributed by atoms with van der Waals surface area (Å²) in [5.74, 6) is 0.581. The average Bonchev–Trinajstić information content (AvgIpc) is 3.08. The monoisotopic (exact) mass is 540 g/mol. The molecule has 1 fully saturated rings. The van der Waals surface area contributed by atoms with E-state index < -0.39 is 16.1 Å². The molecule has 10 heteroatoms. The van der Waals surface area contributed by atoms with Gasteiger partial charge in [0.15, 0.2) is 0 Å². The lowest BCUT2D eigenvalue weighted by atomic mass is 9.76. The molecule has 3 aliphatic rings. The van der Waals surface area contributed by atoms with Crippen molar-refractivity contribution < 1.29 is 33.3 Å². The number of nitro benzene ring substituents is 1. The number of hydrogen-bond donors (Lipinski definition) is 0. The highest BCUT2D eigenvalue weighted by molar-refractivity contribution is 5.73. The molecule has 3 aliphatic heterocycles. The van der Waals surface area contributed by atoms with Crippen LogP contribution in [-0.2, 0) is 35.7 Å². The third-order valence-electron chi connectivity index (χ3n) is 7.66. The SMILES string of the molecule is CN1c2ccccc2C(C)(C)C12C=Cc1cc([N+](=O)[O-])cc(COCC3COCCOCCOCCO3)c1O2. The Bertz CT molecular complexity index is 1200. The summed E-state index contributed by atoms with van der Waals surface area (Å²) >= 11 is 0. The molecule has 0 aromatic heterocycles. The number of ether oxygens (including phenoxy) is 6. The molecule has 0 aliphatic carbocycles. The first-order valence-corrected chi connectivity index (χ1v) is 13.3. The highest BCUT2D eigenvalue weighted by Crippen LogP contribution is 2.54. The molecule has 0 amide bonds. The second-order valence-corrected chi connectivity index (χ2v) is 10.4. The highest BCUT2D eigenvalue weighted by atomic mass is 16.6. The Morgan fingerprint density at radius 3 is 2.51 bits per heavy atom. The van der Waals surface area contributed by atoms with Crippen LogP contribution in [0.1, 0.15) is 30.5 Å². The summed E-state index contributed by atoms with van der Waals surface area (Å²) in [6.45, 7) is 7.84. The molecule has 2 unspecified atom stereocenters. The first kappa shape index (κ1) is 27.5. The van der Waals surface area contributed by atoms with Crippen molar-refractivity contribution >= 4 is 17.5 Å². The van der Waals surface area contributed by atoms with Crippen molar-refractivity contribution in [3.8, 4) is 5.75 Å². The Hall–Kier alpha value is -3.02. The number of anilines is 1. The van der Waals surface area contributed by atoms with E-state index in [0.717, 1.165) is 5.69 Å². The number of rotatable bonds is 5. The lowest BCUT2D eigenvalue weighted by Gasteiger charge is -2.46. The van der Waals surface area contributed by atoms with Crippen LogP contribution in [0.25, 0.3) is 6.08 Å². The average molecular weight is 541 g/mol. The van der Waals surface area contributed by atoms with Gasteiger partial charge >= 0.3 is 0 Å². The van der Waals surface area contributed by atoms with Crippen LogP contribution in [0.4, 0.5) is 11.4 Å². The predicted octanol–water partition coefficient (Wildman–Crippen LogP) is 4.09. The van der Waals surface area contributed by atoms with Gasteiger partial charge in [-0.1, -0.05) is 18.2 Å². The predicted molar refractivity (Wildman–Crippen MR) is 145 cm³/mol. The molecular weight excluding hydrogens is 504 g/mol. The number of fused-ring (bicyclic) bond motifs is 2. The van der Waals surface area contributed by atoms with Crippen molar-refractivity contribution in [2.24, 2.45) is 0 Å². The van der Waals surface area contributed by atoms with Gasteiger partial charge in [-0.3, -0.25) is 10.1 Å². The van der Waals surface area contributed by atoms with E-state index in [1.54, 1.807) is 6.07 Å². The van der Waals surface area contributed by atoms with Crippen molar-refractivity contribution in [3.05, 3.63) is 69.3 Å². The number of likely N-dealkylation sites (N-methyl/N-ethyl adjacent to an activating group) is 1. The summed E-state index contributed by atoms with van der Waals surface area (Å²) in [5.41, 5.74) is 2.31. The highest BCUT2D eigenvalue weighted by Gasteiger charge is 2.57. The number of para-hydroxylation sites is 1. The summed E-state index contributed by atoms with van der Waals surface area (Å²) < 4.78 is 35.4. The molecule has 10 nitrogen and oxygen atoms in total. The molecule has 210 valence electrons. The van der Waals surface area contributed by atoms with Crippen molar-refractivity contribution in [2.75, 3.05) is 64.8 Å². The van der Waals surface area contributed by atoms with Crippen LogP contribution < -0.4 is 9.64 Å². The van der Waals surface area contributed by atoms with E-state index in [1.807, 2.05) is 31.3 Å². The van der Waals surface area contributed by atoms with Gasteiger partial charge in [0.1, 0.15) is 11.9 Å². The fourth-order valence-electron chi connectivity index (χ4n) is 5.52. The van der Waals surface area contributed by atoms with Gasteiger partial charge in [0.05, 0.1) is 69.8 Å². The lowest BCUT2D eigenvalue weighted by molar-refractivity contribution is -0.385. The normalized spacial score (nSPS) is 24.8. The Morgan fingerprint density at radius 1 is 1.05 bits per heavy atom. The van der Waals surface area contributed by atoms with Gasteiger partial charge in [-0.05, 0) is 37.6 Å². The molecule has 2 aromatic carbocycles. The lowest BCUT2D eigenvalue weighted by Crippen LogP contribution is -2.58. The Morgan fingerprint density at radius 2 is 1.77 bits per heavy atom. The zero-order valence-electron chi connectivity index (χ0n) is 22.7. The van der Waals surface area contributed by atoms with Gasteiger partial charge in [-0.2, -0.15) is 0 Å². The zero-order valence-corrected chi connectivity index (χ0v) is 22.7. The standard InChI is InChI=1S/C29H36N2O8/c1-28(2)25-6-4-5-7-26(25)30(3)29(28)9-8-21-16-23(31(32)33)17-22(27(21)39-29)18-37-20-24-19-36-13-12-34-10-11-35-14-15-38-24/h4-9,16-17,24H,10-15,18-20H2,1-3H3. The van der Waals surface area contributed by atoms with Crippen LogP contribution in [0.3, 0.4) is 0 Å². The van der Waals surface area contributed by atoms with E-state index in [0.29, 0.717) is 63.1 Å². The molecule has 1 saturated heterocycles. The summed E-state index contributed by atoms with van der Waals surface area (Å²) in [4.78, 5) is 13.5. The van der Waals surface area contributed by atoms with Crippen molar-refractivity contribution in [1.29, 1.82) is 0 Å². The molecule has 0 bridgehead atoms. The fourth-order valence-corrected chi connectivity index (χ4v) is 5.52. The maximum absolute atomic E-state index is 11.7. The summed E-state index contributed by atoms with van der Waals surface area (Å²) in [6, 6.07) is 11.3. The summed E-state index contributed by atoms with van der Waals surface area (Å²) in [6.07, 6.45) is 3.61. The molecule has 0 radical (unpaired) electrons. The molecule has 5 rings (SSSR count). The van der Waals surface area contributed by atoms with Crippen LogP contribution in [0.5, 0.6) is 5.75 Å². The fraction of sp³-hybridized carbons (Fsp3) is 0.517. The van der Waals surface area contributed by atoms with E-state index in [4.69, 9.17) is 28.4 Å². The summed E-state index contributed by atoms with van der Waals surface area (Å²) in [7, 11) is 2.01. The molecule has 3 heterocycles. The third kappa shape index (κ3) is 5.39. The molecular formula is C29H36N2O8. The van der Waals surface area contributed by atoms with E-state index >= 15 is 0 Å². The maximum atomic E-state index is 11.7. The Balaban J connectivity index is 1.36. The van der Waals surface area contributed by atoms with Crippen LogP contribution >= 0.6 is 0 Å². The first-order chi connectivity index (χ1) is 18.8.